The summed E-state index contributed by atoms with van der Waals surface area (Å²) in [7, 11) is 1.37. The van der Waals surface area contributed by atoms with E-state index in [1.165, 1.54) is 19.4 Å². The summed E-state index contributed by atoms with van der Waals surface area (Å²) < 4.78 is 20.2. The summed E-state index contributed by atoms with van der Waals surface area (Å²) in [6.45, 7) is -0.0532. The highest BCUT2D eigenvalue weighted by atomic mass is 79.9. The highest BCUT2D eigenvalue weighted by Gasteiger charge is 2.38. The predicted molar refractivity (Wildman–Crippen MR) is 82.0 cm³/mol. The van der Waals surface area contributed by atoms with Crippen LogP contribution in [0.5, 0.6) is 5.75 Å². The molecule has 1 aliphatic rings. The molecule has 0 amide bonds. The van der Waals surface area contributed by atoms with E-state index in [4.69, 9.17) is 9.57 Å². The van der Waals surface area contributed by atoms with Gasteiger partial charge in [0.05, 0.1) is 11.6 Å². The smallest absolute Gasteiger partial charge is 0.198 e. The molecule has 1 unspecified atom stereocenters. The van der Waals surface area contributed by atoms with Gasteiger partial charge in [0, 0.05) is 18.0 Å². The molecule has 1 atom stereocenters. The van der Waals surface area contributed by atoms with Crippen LogP contribution in [0.2, 0.25) is 0 Å². The molecule has 2 aromatic rings. The molecule has 0 spiro atoms. The highest BCUT2D eigenvalue weighted by Crippen LogP contribution is 2.46. The molecule has 22 heavy (non-hydrogen) atoms. The van der Waals surface area contributed by atoms with Gasteiger partial charge in [-0.05, 0) is 28.1 Å². The van der Waals surface area contributed by atoms with E-state index in [9.17, 15) is 9.50 Å². The first kappa shape index (κ1) is 15.0. The fraction of sp³-hybridized carbons (Fsp3) is 0.214. The Morgan fingerprint density at radius 2 is 2.41 bits per heavy atom. The predicted octanol–water partition coefficient (Wildman–Crippen LogP) is 2.61. The lowest BCUT2D eigenvalue weighted by Gasteiger charge is -2.36. The molecule has 1 aromatic carbocycles. The quantitative estimate of drug-likeness (QED) is 0.722. The number of nitrogens with zero attached hydrogens (tertiary/aromatic N) is 1. The molecule has 1 aliphatic heterocycles. The van der Waals surface area contributed by atoms with Crippen molar-refractivity contribution in [2.24, 2.45) is 0 Å². The second-order valence-corrected chi connectivity index (χ2v) is 5.60. The van der Waals surface area contributed by atoms with Gasteiger partial charge in [0.25, 0.3) is 0 Å². The molecule has 0 aliphatic carbocycles. The molecule has 116 valence electrons. The summed E-state index contributed by atoms with van der Waals surface area (Å²) in [5.74, 6) is -0.173. The maximum atomic E-state index is 14.1. The number of rotatable bonds is 3. The number of pyridine rings is 1. The lowest BCUT2D eigenvalue weighted by atomic mass is 10.0. The van der Waals surface area contributed by atoms with E-state index in [1.54, 1.807) is 18.3 Å². The van der Waals surface area contributed by atoms with E-state index in [2.05, 4.69) is 31.7 Å². The highest BCUT2D eigenvalue weighted by molar-refractivity contribution is 9.10. The van der Waals surface area contributed by atoms with Crippen LogP contribution in [0.15, 0.2) is 35.1 Å². The first-order chi connectivity index (χ1) is 10.5. The van der Waals surface area contributed by atoms with Crippen molar-refractivity contribution in [1.29, 1.82) is 0 Å². The van der Waals surface area contributed by atoms with Crippen LogP contribution in [0.1, 0.15) is 5.56 Å². The third-order valence-corrected chi connectivity index (χ3v) is 3.88. The number of nitrogens with one attached hydrogen (secondary N) is 2. The molecule has 2 heterocycles. The number of anilines is 2. The van der Waals surface area contributed by atoms with Gasteiger partial charge in [0.15, 0.2) is 17.3 Å². The van der Waals surface area contributed by atoms with Gasteiger partial charge < -0.3 is 15.2 Å². The molecule has 3 N–H and O–H groups in total. The van der Waals surface area contributed by atoms with Gasteiger partial charge in [-0.25, -0.2) is 4.39 Å². The molecule has 0 bridgehead atoms. The third-order valence-electron chi connectivity index (χ3n) is 3.29. The lowest BCUT2D eigenvalue weighted by Crippen LogP contribution is -2.44. The molecule has 6 nitrogen and oxygen atoms in total. The van der Waals surface area contributed by atoms with Crippen molar-refractivity contribution < 1.29 is 19.1 Å². The largest absolute Gasteiger partial charge is 0.485 e. The maximum Gasteiger partial charge on any atom is 0.198 e. The number of benzene rings is 1. The van der Waals surface area contributed by atoms with E-state index in [0.29, 0.717) is 15.8 Å². The Morgan fingerprint density at radius 3 is 3.09 bits per heavy atom. The topological polar surface area (TPSA) is 75.6 Å². The van der Waals surface area contributed by atoms with E-state index in [1.807, 2.05) is 0 Å². The Kier molecular flexibility index (Phi) is 3.90. The monoisotopic (exact) mass is 369 g/mol. The molecule has 8 heteroatoms. The Bertz CT molecular complexity index is 701. The molecule has 3 rings (SSSR count). The fourth-order valence-corrected chi connectivity index (χ4v) is 2.76. The van der Waals surface area contributed by atoms with Gasteiger partial charge in [0.1, 0.15) is 18.0 Å². The Morgan fingerprint density at radius 1 is 1.59 bits per heavy atom. The van der Waals surface area contributed by atoms with Gasteiger partial charge in [0.2, 0.25) is 0 Å². The first-order valence-electron chi connectivity index (χ1n) is 6.40. The van der Waals surface area contributed by atoms with Crippen LogP contribution in [0.3, 0.4) is 0 Å². The minimum Gasteiger partial charge on any atom is -0.485 e. The van der Waals surface area contributed by atoms with Crippen LogP contribution >= 0.6 is 15.9 Å². The van der Waals surface area contributed by atoms with Crippen molar-refractivity contribution in [3.8, 4) is 5.75 Å². The van der Waals surface area contributed by atoms with E-state index < -0.39 is 11.5 Å². The fourth-order valence-electron chi connectivity index (χ4n) is 2.25. The van der Waals surface area contributed by atoms with Crippen LogP contribution in [-0.4, -0.2) is 23.8 Å². The zero-order valence-electron chi connectivity index (χ0n) is 11.6. The van der Waals surface area contributed by atoms with Crippen molar-refractivity contribution in [3.63, 3.8) is 0 Å². The summed E-state index contributed by atoms with van der Waals surface area (Å²) in [6, 6.07) is 4.66. The second-order valence-electron chi connectivity index (χ2n) is 4.74. The van der Waals surface area contributed by atoms with Crippen molar-refractivity contribution in [2.75, 3.05) is 24.5 Å². The number of aromatic nitrogens is 1. The average Bonchev–Trinajstić information content (AvgIpc) is 2.52. The molecule has 0 saturated carbocycles. The average molecular weight is 370 g/mol. The summed E-state index contributed by atoms with van der Waals surface area (Å²) in [5, 5.41) is 13.7. The van der Waals surface area contributed by atoms with Gasteiger partial charge in [-0.3, -0.25) is 15.3 Å². The van der Waals surface area contributed by atoms with Gasteiger partial charge in [-0.1, -0.05) is 6.07 Å². The molecular weight excluding hydrogens is 357 g/mol. The van der Waals surface area contributed by atoms with Crippen molar-refractivity contribution >= 4 is 27.3 Å². The van der Waals surface area contributed by atoms with Crippen molar-refractivity contribution in [3.05, 3.63) is 46.4 Å². The SMILES string of the molecule is CONc1c(F)cc(Br)c2c1NC(O)(c1cccnc1)CO2. The molecule has 0 saturated heterocycles. The van der Waals surface area contributed by atoms with Crippen LogP contribution in [0, 0.1) is 5.82 Å². The van der Waals surface area contributed by atoms with E-state index in [-0.39, 0.29) is 18.0 Å². The molecule has 0 fully saturated rings. The number of hydrogen-bond donors (Lipinski definition) is 3. The number of halogens is 2. The number of fused-ring (bicyclic) bond motifs is 1. The summed E-state index contributed by atoms with van der Waals surface area (Å²) in [4.78, 5) is 8.77. The molecule has 0 radical (unpaired) electrons. The molecular formula is C14H13BrFN3O3. The van der Waals surface area contributed by atoms with Crippen LogP contribution in [0.25, 0.3) is 0 Å². The van der Waals surface area contributed by atoms with E-state index in [0.717, 1.165) is 0 Å². The van der Waals surface area contributed by atoms with Crippen molar-refractivity contribution in [1.82, 2.24) is 4.98 Å². The minimum atomic E-state index is -1.53. The summed E-state index contributed by atoms with van der Waals surface area (Å²) >= 11 is 3.24. The zero-order valence-corrected chi connectivity index (χ0v) is 13.1. The van der Waals surface area contributed by atoms with Crippen LogP contribution in [-0.2, 0) is 10.6 Å². The zero-order chi connectivity index (χ0) is 15.7. The van der Waals surface area contributed by atoms with Crippen molar-refractivity contribution in [2.45, 2.75) is 5.72 Å². The molecule has 1 aromatic heterocycles. The van der Waals surface area contributed by atoms with Gasteiger partial charge >= 0.3 is 0 Å². The van der Waals surface area contributed by atoms with Gasteiger partial charge in [-0.2, -0.15) is 0 Å². The number of ether oxygens (including phenoxy) is 1. The van der Waals surface area contributed by atoms with E-state index >= 15 is 0 Å². The second kappa shape index (κ2) is 5.71. The standard InChI is InChI=1S/C14H13BrFN3O3/c1-21-19-11-10(16)5-9(15)13-12(11)18-14(20,7-22-13)8-3-2-4-17-6-8/h2-6,18-20H,7H2,1H3. The Labute approximate surface area is 134 Å². The first-order valence-corrected chi connectivity index (χ1v) is 7.19. The van der Waals surface area contributed by atoms with Crippen LogP contribution in [0.4, 0.5) is 15.8 Å². The summed E-state index contributed by atoms with van der Waals surface area (Å²) in [5.41, 5.74) is 1.73. The maximum absolute atomic E-state index is 14.1. The summed E-state index contributed by atoms with van der Waals surface area (Å²) in [6.07, 6.45) is 3.11. The van der Waals surface area contributed by atoms with Gasteiger partial charge in [-0.15, -0.1) is 0 Å². The minimum absolute atomic E-state index is 0.0442. The number of hydrogen-bond acceptors (Lipinski definition) is 6. The third kappa shape index (κ3) is 2.49. The normalized spacial score (nSPS) is 19.8. The Hall–Kier alpha value is -1.90. The van der Waals surface area contributed by atoms with Crippen LogP contribution < -0.4 is 15.5 Å². The number of aliphatic hydroxyl groups is 1. The lowest BCUT2D eigenvalue weighted by molar-refractivity contribution is 0.00729. The Balaban J connectivity index is 2.08.